The molecule has 0 aliphatic heterocycles. The Morgan fingerprint density at radius 2 is 1.77 bits per heavy atom. The molecule has 0 atom stereocenters. The molecule has 146 valence electrons. The van der Waals surface area contributed by atoms with Gasteiger partial charge in [0.2, 0.25) is 0 Å². The van der Waals surface area contributed by atoms with Crippen LogP contribution in [0.15, 0.2) is 91.8 Å². The van der Waals surface area contributed by atoms with Crippen molar-refractivity contribution < 1.29 is 4.79 Å². The van der Waals surface area contributed by atoms with Crippen molar-refractivity contribution in [3.63, 3.8) is 0 Å². The number of hydrogen-bond acceptors (Lipinski definition) is 4. The van der Waals surface area contributed by atoms with Crippen LogP contribution in [0.4, 0.5) is 5.82 Å². The third-order valence-corrected chi connectivity index (χ3v) is 4.73. The van der Waals surface area contributed by atoms with E-state index in [0.717, 1.165) is 17.8 Å². The van der Waals surface area contributed by atoms with E-state index in [2.05, 4.69) is 37.0 Å². The Morgan fingerprint density at radius 3 is 2.60 bits per heavy atom. The maximum Gasteiger partial charge on any atom is 0.277 e. The van der Waals surface area contributed by atoms with E-state index >= 15 is 0 Å². The highest BCUT2D eigenvalue weighted by Gasteiger charge is 2.12. The number of carbonyl (C=O) groups is 1. The fourth-order valence-electron chi connectivity index (χ4n) is 3.26. The van der Waals surface area contributed by atoms with E-state index in [0.29, 0.717) is 17.2 Å². The summed E-state index contributed by atoms with van der Waals surface area (Å²) in [5.41, 5.74) is 4.04. The lowest BCUT2D eigenvalue weighted by molar-refractivity contribution is 0.102. The zero-order valence-electron chi connectivity index (χ0n) is 16.0. The van der Waals surface area contributed by atoms with Gasteiger partial charge in [-0.05, 0) is 29.8 Å². The van der Waals surface area contributed by atoms with Crippen LogP contribution in [0.25, 0.3) is 16.9 Å². The van der Waals surface area contributed by atoms with E-state index in [9.17, 15) is 4.79 Å². The first-order valence-electron chi connectivity index (χ1n) is 9.52. The van der Waals surface area contributed by atoms with Crippen molar-refractivity contribution in [2.24, 2.45) is 0 Å². The molecule has 0 unspecified atom stereocenters. The Morgan fingerprint density at radius 1 is 0.900 bits per heavy atom. The van der Waals surface area contributed by atoms with E-state index < -0.39 is 0 Å². The summed E-state index contributed by atoms with van der Waals surface area (Å²) in [7, 11) is 0. The lowest BCUT2D eigenvalue weighted by Gasteiger charge is -2.01. The van der Waals surface area contributed by atoms with Gasteiger partial charge in [0.05, 0.1) is 12.0 Å². The number of rotatable bonds is 5. The largest absolute Gasteiger partial charge is 0.332 e. The van der Waals surface area contributed by atoms with Crippen LogP contribution in [0.1, 0.15) is 16.1 Å². The molecule has 0 spiro atoms. The van der Waals surface area contributed by atoms with Gasteiger partial charge in [-0.1, -0.05) is 36.4 Å². The van der Waals surface area contributed by atoms with Gasteiger partial charge in [-0.25, -0.2) is 15.0 Å². The lowest BCUT2D eigenvalue weighted by atomic mass is 10.2. The first-order chi connectivity index (χ1) is 14.7. The minimum absolute atomic E-state index is 0.300. The third kappa shape index (κ3) is 3.68. The first-order valence-corrected chi connectivity index (χ1v) is 9.52. The Hall–Kier alpha value is -4.26. The summed E-state index contributed by atoms with van der Waals surface area (Å²) in [5.74, 6) is 0.190. The van der Waals surface area contributed by atoms with Crippen LogP contribution < -0.4 is 5.32 Å². The Kier molecular flexibility index (Phi) is 4.53. The van der Waals surface area contributed by atoms with E-state index in [1.165, 1.54) is 5.56 Å². The molecular formula is C23H18N6O. The molecule has 0 aliphatic carbocycles. The van der Waals surface area contributed by atoms with Crippen molar-refractivity contribution in [2.45, 2.75) is 6.54 Å². The van der Waals surface area contributed by atoms with Gasteiger partial charge >= 0.3 is 0 Å². The average Bonchev–Trinajstić information content (AvgIpc) is 3.42. The highest BCUT2D eigenvalue weighted by atomic mass is 16.2. The standard InChI is InChI=1S/C23H18N6O/c30-23(27-21-8-4-5-11-24-21)20-15-29-13-18(9-10-22(29)26-20)19-14-28(16-25-19)12-17-6-2-1-3-7-17/h1-11,13-16H,12H2,(H,24,27,30). The van der Waals surface area contributed by atoms with Crippen molar-refractivity contribution in [2.75, 3.05) is 5.32 Å². The number of nitrogens with zero attached hydrogens (tertiary/aromatic N) is 5. The minimum atomic E-state index is -0.300. The highest BCUT2D eigenvalue weighted by Crippen LogP contribution is 2.19. The van der Waals surface area contributed by atoms with Gasteiger partial charge in [0.15, 0.2) is 0 Å². The number of imidazole rings is 2. The topological polar surface area (TPSA) is 77.1 Å². The fourth-order valence-corrected chi connectivity index (χ4v) is 3.26. The van der Waals surface area contributed by atoms with Gasteiger partial charge in [0.1, 0.15) is 17.2 Å². The van der Waals surface area contributed by atoms with Crippen molar-refractivity contribution in [1.82, 2.24) is 23.9 Å². The summed E-state index contributed by atoms with van der Waals surface area (Å²) < 4.78 is 3.88. The van der Waals surface area contributed by atoms with Gasteiger partial charge in [0, 0.05) is 36.9 Å². The summed E-state index contributed by atoms with van der Waals surface area (Å²) in [6.07, 6.45) is 9.10. The maximum absolute atomic E-state index is 12.5. The molecule has 30 heavy (non-hydrogen) atoms. The van der Waals surface area contributed by atoms with Crippen molar-refractivity contribution >= 4 is 17.4 Å². The van der Waals surface area contributed by atoms with Gasteiger partial charge < -0.3 is 14.3 Å². The number of amides is 1. The molecule has 1 aromatic carbocycles. The highest BCUT2D eigenvalue weighted by molar-refractivity contribution is 6.02. The molecule has 7 nitrogen and oxygen atoms in total. The molecule has 4 aromatic heterocycles. The molecular weight excluding hydrogens is 376 g/mol. The summed E-state index contributed by atoms with van der Waals surface area (Å²) in [5, 5.41) is 2.75. The molecule has 1 amide bonds. The number of anilines is 1. The second-order valence-corrected chi connectivity index (χ2v) is 6.90. The van der Waals surface area contributed by atoms with E-state index in [-0.39, 0.29) is 5.91 Å². The molecule has 0 radical (unpaired) electrons. The fraction of sp³-hybridized carbons (Fsp3) is 0.0435. The number of aromatic nitrogens is 5. The van der Waals surface area contributed by atoms with Crippen molar-refractivity contribution in [3.8, 4) is 11.3 Å². The molecule has 5 rings (SSSR count). The molecule has 7 heteroatoms. The zero-order valence-corrected chi connectivity index (χ0v) is 16.0. The predicted octanol–water partition coefficient (Wildman–Crippen LogP) is 3.89. The van der Waals surface area contributed by atoms with Crippen LogP contribution in [0, 0.1) is 0 Å². The van der Waals surface area contributed by atoms with Gasteiger partial charge in [-0.3, -0.25) is 4.79 Å². The number of carbonyl (C=O) groups excluding carboxylic acids is 1. The smallest absolute Gasteiger partial charge is 0.277 e. The predicted molar refractivity (Wildman–Crippen MR) is 114 cm³/mol. The number of hydrogen-bond donors (Lipinski definition) is 1. The minimum Gasteiger partial charge on any atom is -0.332 e. The van der Waals surface area contributed by atoms with Crippen LogP contribution in [-0.4, -0.2) is 29.8 Å². The summed E-state index contributed by atoms with van der Waals surface area (Å²) >= 11 is 0. The molecule has 0 saturated heterocycles. The molecule has 4 heterocycles. The molecule has 5 aromatic rings. The van der Waals surface area contributed by atoms with Crippen molar-refractivity contribution in [1.29, 1.82) is 0 Å². The molecule has 0 fully saturated rings. The molecule has 0 saturated carbocycles. The summed E-state index contributed by atoms with van der Waals surface area (Å²) in [6, 6.07) is 19.4. The zero-order chi connectivity index (χ0) is 20.3. The molecule has 0 aliphatic rings. The number of fused-ring (bicyclic) bond motifs is 1. The third-order valence-electron chi connectivity index (χ3n) is 4.73. The van der Waals surface area contributed by atoms with Gasteiger partial charge in [-0.15, -0.1) is 0 Å². The van der Waals surface area contributed by atoms with Crippen LogP contribution in [0.2, 0.25) is 0 Å². The summed E-state index contributed by atoms with van der Waals surface area (Å²) in [4.78, 5) is 25.5. The van der Waals surface area contributed by atoms with Gasteiger partial charge in [-0.2, -0.15) is 0 Å². The first kappa shape index (κ1) is 17.8. The van der Waals surface area contributed by atoms with E-state index in [1.807, 2.05) is 59.5 Å². The second kappa shape index (κ2) is 7.63. The maximum atomic E-state index is 12.5. The Bertz CT molecular complexity index is 1310. The normalized spacial score (nSPS) is 10.9. The monoisotopic (exact) mass is 394 g/mol. The average molecular weight is 394 g/mol. The SMILES string of the molecule is O=C(Nc1ccccn1)c1cn2cc(-c3cn(Cc4ccccc4)cn3)ccc2n1. The summed E-state index contributed by atoms with van der Waals surface area (Å²) in [6.45, 7) is 0.763. The quantitative estimate of drug-likeness (QED) is 0.491. The Labute approximate surface area is 172 Å². The van der Waals surface area contributed by atoms with E-state index in [1.54, 1.807) is 24.5 Å². The van der Waals surface area contributed by atoms with Crippen molar-refractivity contribution in [3.05, 3.63) is 103 Å². The van der Waals surface area contributed by atoms with Crippen LogP contribution >= 0.6 is 0 Å². The molecule has 1 N–H and O–H groups in total. The molecule has 0 bridgehead atoms. The second-order valence-electron chi connectivity index (χ2n) is 6.90. The lowest BCUT2D eigenvalue weighted by Crippen LogP contribution is -2.13. The van der Waals surface area contributed by atoms with E-state index in [4.69, 9.17) is 0 Å². The van der Waals surface area contributed by atoms with Crippen LogP contribution in [0.5, 0.6) is 0 Å². The van der Waals surface area contributed by atoms with Crippen LogP contribution in [0.3, 0.4) is 0 Å². The van der Waals surface area contributed by atoms with Gasteiger partial charge in [0.25, 0.3) is 5.91 Å². The number of pyridine rings is 2. The van der Waals surface area contributed by atoms with Crippen LogP contribution in [-0.2, 0) is 6.54 Å². The Balaban J connectivity index is 1.37. The number of nitrogens with one attached hydrogen (secondary N) is 1. The number of benzene rings is 1.